The van der Waals surface area contributed by atoms with Gasteiger partial charge in [-0.1, -0.05) is 19.8 Å². The van der Waals surface area contributed by atoms with Gasteiger partial charge in [-0.15, -0.1) is 0 Å². The maximum atomic E-state index is 8.28. The molecule has 4 nitrogen and oxygen atoms in total. The molecule has 0 heterocycles. The molecule has 0 fully saturated rings. The second kappa shape index (κ2) is 5.97. The first-order chi connectivity index (χ1) is 4.35. The van der Waals surface area contributed by atoms with Crippen molar-refractivity contribution in [3.63, 3.8) is 0 Å². The Labute approximate surface area is 54.8 Å². The van der Waals surface area contributed by atoms with E-state index >= 15 is 0 Å². The summed E-state index contributed by atoms with van der Waals surface area (Å²) in [6, 6.07) is 0. The minimum atomic E-state index is -0.384. The quantitative estimate of drug-likeness (QED) is 0.326. The van der Waals surface area contributed by atoms with Crippen LogP contribution in [0.2, 0.25) is 0 Å². The van der Waals surface area contributed by atoms with Gasteiger partial charge in [-0.25, -0.2) is 0 Å². The van der Waals surface area contributed by atoms with E-state index in [1.807, 2.05) is 17.9 Å². The molecule has 4 heteroatoms. The zero-order chi connectivity index (χ0) is 7.11. The van der Waals surface area contributed by atoms with E-state index in [0.717, 1.165) is 19.3 Å². The first-order valence-electron chi connectivity index (χ1n) is 3.14. The van der Waals surface area contributed by atoms with Crippen molar-refractivity contribution >= 4 is 0 Å². The lowest BCUT2D eigenvalue weighted by Gasteiger charge is -2.10. The molecule has 0 bridgehead atoms. The molecule has 0 aromatic carbocycles. The average molecular weight is 134 g/mol. The molecule has 0 saturated heterocycles. The fourth-order valence-electron chi connectivity index (χ4n) is 0.566. The van der Waals surface area contributed by atoms with Gasteiger partial charge in [0.25, 0.3) is 0 Å². The minimum absolute atomic E-state index is 0.384. The minimum Gasteiger partial charge on any atom is -0.315 e. The van der Waals surface area contributed by atoms with E-state index in [4.69, 9.17) is 10.4 Å². The van der Waals surface area contributed by atoms with Crippen molar-refractivity contribution < 1.29 is 10.4 Å². The molecule has 0 rings (SSSR count). The van der Waals surface area contributed by atoms with Crippen LogP contribution in [0, 0.1) is 0 Å². The Morgan fingerprint density at radius 2 is 1.89 bits per heavy atom. The van der Waals surface area contributed by atoms with Crippen LogP contribution in [0.5, 0.6) is 0 Å². The molecule has 0 aromatic heterocycles. The van der Waals surface area contributed by atoms with Crippen LogP contribution in [-0.2, 0) is 0 Å². The summed E-state index contributed by atoms with van der Waals surface area (Å²) >= 11 is 0. The van der Waals surface area contributed by atoms with Crippen molar-refractivity contribution in [1.82, 2.24) is 11.0 Å². The molecular formula is C5H14N2O2. The molecule has 0 atom stereocenters. The van der Waals surface area contributed by atoms with Crippen LogP contribution < -0.4 is 11.0 Å². The van der Waals surface area contributed by atoms with Gasteiger partial charge in [-0.05, 0) is 6.42 Å². The van der Waals surface area contributed by atoms with Crippen LogP contribution in [0.15, 0.2) is 0 Å². The van der Waals surface area contributed by atoms with Gasteiger partial charge in [0.05, 0.1) is 0 Å². The first-order valence-corrected chi connectivity index (χ1v) is 3.14. The fourth-order valence-corrected chi connectivity index (χ4v) is 0.566. The predicted molar refractivity (Wildman–Crippen MR) is 33.2 cm³/mol. The Balaban J connectivity index is 3.09. The highest BCUT2D eigenvalue weighted by atomic mass is 16.5. The average Bonchev–Trinajstić information content (AvgIpc) is 1.91. The molecule has 0 unspecified atom stereocenters. The van der Waals surface area contributed by atoms with E-state index < -0.39 is 0 Å². The molecule has 56 valence electrons. The standard InChI is InChI=1S/C5H14N2O2/c1-2-3-4-5(6-8)7-9/h5-9H,2-4H2,1H3. The van der Waals surface area contributed by atoms with E-state index in [-0.39, 0.29) is 6.17 Å². The number of unbranched alkanes of at least 4 members (excludes halogenated alkanes) is 1. The molecule has 4 N–H and O–H groups in total. The lowest BCUT2D eigenvalue weighted by Crippen LogP contribution is -2.38. The monoisotopic (exact) mass is 134 g/mol. The van der Waals surface area contributed by atoms with Crippen molar-refractivity contribution in [3.8, 4) is 0 Å². The Hall–Kier alpha value is -0.160. The van der Waals surface area contributed by atoms with E-state index in [2.05, 4.69) is 0 Å². The van der Waals surface area contributed by atoms with Gasteiger partial charge in [-0.3, -0.25) is 0 Å². The molecule has 0 radical (unpaired) electrons. The second-order valence-electron chi connectivity index (χ2n) is 1.95. The van der Waals surface area contributed by atoms with Gasteiger partial charge in [0.1, 0.15) is 6.17 Å². The summed E-state index contributed by atoms with van der Waals surface area (Å²) in [4.78, 5) is 0. The van der Waals surface area contributed by atoms with E-state index in [1.165, 1.54) is 0 Å². The Kier molecular flexibility index (Phi) is 5.86. The van der Waals surface area contributed by atoms with Gasteiger partial charge in [0, 0.05) is 0 Å². The van der Waals surface area contributed by atoms with Crippen LogP contribution >= 0.6 is 0 Å². The molecule has 0 spiro atoms. The highest BCUT2D eigenvalue weighted by molar-refractivity contribution is 4.51. The van der Waals surface area contributed by atoms with Crippen LogP contribution in [0.25, 0.3) is 0 Å². The van der Waals surface area contributed by atoms with Crippen molar-refractivity contribution in [2.24, 2.45) is 0 Å². The number of nitrogens with one attached hydrogen (secondary N) is 2. The Bertz CT molecular complexity index is 56.9. The van der Waals surface area contributed by atoms with Gasteiger partial charge in [0.15, 0.2) is 0 Å². The third-order valence-electron chi connectivity index (χ3n) is 1.16. The van der Waals surface area contributed by atoms with Crippen LogP contribution in [0.4, 0.5) is 0 Å². The predicted octanol–water partition coefficient (Wildman–Crippen LogP) is 0.460. The summed E-state index contributed by atoms with van der Waals surface area (Å²) in [5.74, 6) is 0. The fraction of sp³-hybridized carbons (Fsp3) is 1.00. The van der Waals surface area contributed by atoms with E-state index in [0.29, 0.717) is 0 Å². The maximum Gasteiger partial charge on any atom is 0.104 e. The summed E-state index contributed by atoms with van der Waals surface area (Å²) in [5, 5.41) is 16.6. The van der Waals surface area contributed by atoms with Gasteiger partial charge < -0.3 is 10.4 Å². The van der Waals surface area contributed by atoms with E-state index in [1.54, 1.807) is 0 Å². The molecule has 0 aliphatic heterocycles. The third kappa shape index (κ3) is 4.35. The van der Waals surface area contributed by atoms with E-state index in [9.17, 15) is 0 Å². The summed E-state index contributed by atoms with van der Waals surface area (Å²) < 4.78 is 0. The second-order valence-corrected chi connectivity index (χ2v) is 1.95. The largest absolute Gasteiger partial charge is 0.315 e. The van der Waals surface area contributed by atoms with Crippen LogP contribution in [0.1, 0.15) is 26.2 Å². The molecule has 0 aliphatic carbocycles. The first kappa shape index (κ1) is 8.84. The summed E-state index contributed by atoms with van der Waals surface area (Å²) in [7, 11) is 0. The summed E-state index contributed by atoms with van der Waals surface area (Å²) in [5.41, 5.74) is 3.85. The Morgan fingerprint density at radius 1 is 1.33 bits per heavy atom. The lowest BCUT2D eigenvalue weighted by molar-refractivity contribution is 0.0216. The zero-order valence-corrected chi connectivity index (χ0v) is 5.59. The number of hydroxylamine groups is 2. The molecular weight excluding hydrogens is 120 g/mol. The van der Waals surface area contributed by atoms with Gasteiger partial charge in [0.2, 0.25) is 0 Å². The van der Waals surface area contributed by atoms with Crippen molar-refractivity contribution in [3.05, 3.63) is 0 Å². The number of rotatable bonds is 5. The lowest BCUT2D eigenvalue weighted by atomic mass is 10.2. The zero-order valence-electron chi connectivity index (χ0n) is 5.59. The van der Waals surface area contributed by atoms with Crippen LogP contribution in [0.3, 0.4) is 0 Å². The summed E-state index contributed by atoms with van der Waals surface area (Å²) in [6.07, 6.45) is 2.37. The molecule has 0 aromatic rings. The molecule has 9 heavy (non-hydrogen) atoms. The van der Waals surface area contributed by atoms with Crippen molar-refractivity contribution in [2.75, 3.05) is 0 Å². The number of hydrogen-bond acceptors (Lipinski definition) is 4. The SMILES string of the molecule is CCCCC(NO)NO. The molecule has 0 aliphatic rings. The smallest absolute Gasteiger partial charge is 0.104 e. The topological polar surface area (TPSA) is 64.5 Å². The highest BCUT2D eigenvalue weighted by Gasteiger charge is 2.01. The van der Waals surface area contributed by atoms with Crippen LogP contribution in [-0.4, -0.2) is 16.6 Å². The van der Waals surface area contributed by atoms with Crippen molar-refractivity contribution in [2.45, 2.75) is 32.4 Å². The van der Waals surface area contributed by atoms with Gasteiger partial charge in [-0.2, -0.15) is 11.0 Å². The summed E-state index contributed by atoms with van der Waals surface area (Å²) in [6.45, 7) is 2.05. The Morgan fingerprint density at radius 3 is 2.22 bits per heavy atom. The maximum absolute atomic E-state index is 8.28. The molecule has 0 saturated carbocycles. The molecule has 0 amide bonds. The van der Waals surface area contributed by atoms with Gasteiger partial charge >= 0.3 is 0 Å². The highest BCUT2D eigenvalue weighted by Crippen LogP contribution is 1.95. The number of hydrogen-bond donors (Lipinski definition) is 4. The van der Waals surface area contributed by atoms with Crippen molar-refractivity contribution in [1.29, 1.82) is 0 Å². The normalized spacial score (nSPS) is 10.7. The third-order valence-corrected chi connectivity index (χ3v) is 1.16.